The highest BCUT2D eigenvalue weighted by molar-refractivity contribution is 9.10. The number of nitrogens with zero attached hydrogens (tertiary/aromatic N) is 1. The first-order chi connectivity index (χ1) is 13.5. The zero-order chi connectivity index (χ0) is 19.7. The lowest BCUT2D eigenvalue weighted by molar-refractivity contribution is 0.180. The minimum Gasteiger partial charge on any atom is -0.497 e. The summed E-state index contributed by atoms with van der Waals surface area (Å²) < 4.78 is 29.7. The van der Waals surface area contributed by atoms with Crippen molar-refractivity contribution in [3.05, 3.63) is 69.6 Å². The zero-order valence-electron chi connectivity index (χ0n) is 15.2. The summed E-state index contributed by atoms with van der Waals surface area (Å²) in [4.78, 5) is 0. The summed E-state index contributed by atoms with van der Waals surface area (Å²) in [5.74, 6) is 1.28. The second-order valence-electron chi connectivity index (χ2n) is 6.52. The van der Waals surface area contributed by atoms with Gasteiger partial charge in [0.15, 0.2) is 6.17 Å². The minimum atomic E-state index is -1.16. The van der Waals surface area contributed by atoms with Crippen molar-refractivity contribution in [2.45, 2.75) is 12.7 Å². The van der Waals surface area contributed by atoms with E-state index in [-0.39, 0.29) is 13.2 Å². The van der Waals surface area contributed by atoms with Gasteiger partial charge in [0, 0.05) is 36.8 Å². The van der Waals surface area contributed by atoms with Crippen LogP contribution in [-0.2, 0) is 6.54 Å². The van der Waals surface area contributed by atoms with Crippen molar-refractivity contribution in [3.63, 3.8) is 0 Å². The van der Waals surface area contributed by atoms with Gasteiger partial charge in [-0.2, -0.15) is 0 Å². The molecule has 144 valence electrons. The lowest BCUT2D eigenvalue weighted by Gasteiger charge is -2.14. The molecule has 4 aromatic rings. The first kappa shape index (κ1) is 19.3. The van der Waals surface area contributed by atoms with Gasteiger partial charge in [0.05, 0.1) is 13.7 Å². The molecule has 0 aliphatic rings. The largest absolute Gasteiger partial charge is 0.497 e. The standard InChI is InChI=1S/C22H18Br2FNO2/c1-27-17-3-2-4-18(11-17)28-13-16(25)12-26-21-7-5-14(23)9-19(21)20-10-15(24)6-8-22(20)26/h2-11,16H,12-13H2,1H3. The summed E-state index contributed by atoms with van der Waals surface area (Å²) in [5, 5.41) is 2.18. The normalized spacial score (nSPS) is 12.4. The van der Waals surface area contributed by atoms with E-state index in [0.29, 0.717) is 11.5 Å². The number of rotatable bonds is 6. The minimum absolute atomic E-state index is 0.0264. The van der Waals surface area contributed by atoms with Crippen molar-refractivity contribution in [3.8, 4) is 11.5 Å². The van der Waals surface area contributed by atoms with Gasteiger partial charge in [0.25, 0.3) is 0 Å². The first-order valence-corrected chi connectivity index (χ1v) is 10.4. The van der Waals surface area contributed by atoms with Gasteiger partial charge in [0.1, 0.15) is 18.1 Å². The van der Waals surface area contributed by atoms with Gasteiger partial charge in [-0.3, -0.25) is 0 Å². The Morgan fingerprint density at radius 1 is 0.893 bits per heavy atom. The number of ether oxygens (including phenoxy) is 2. The molecule has 4 rings (SSSR count). The van der Waals surface area contributed by atoms with Crippen molar-refractivity contribution in [1.29, 1.82) is 0 Å². The van der Waals surface area contributed by atoms with E-state index in [2.05, 4.69) is 44.0 Å². The summed E-state index contributed by atoms with van der Waals surface area (Å²) in [6, 6.07) is 19.3. The number of methoxy groups -OCH3 is 1. The molecular formula is C22H18Br2FNO2. The molecule has 0 saturated carbocycles. The Kier molecular flexibility index (Phi) is 5.60. The van der Waals surface area contributed by atoms with Crippen LogP contribution in [0.25, 0.3) is 21.8 Å². The highest BCUT2D eigenvalue weighted by Crippen LogP contribution is 2.33. The predicted octanol–water partition coefficient (Wildman–Crippen LogP) is 6.75. The lowest BCUT2D eigenvalue weighted by atomic mass is 10.2. The van der Waals surface area contributed by atoms with Gasteiger partial charge in [-0.25, -0.2) is 4.39 Å². The molecule has 3 aromatic carbocycles. The van der Waals surface area contributed by atoms with Crippen LogP contribution in [-0.4, -0.2) is 24.5 Å². The summed E-state index contributed by atoms with van der Waals surface area (Å²) in [6.45, 7) is 0.189. The summed E-state index contributed by atoms with van der Waals surface area (Å²) in [6.07, 6.45) is -1.16. The molecule has 0 N–H and O–H groups in total. The van der Waals surface area contributed by atoms with E-state index in [1.807, 2.05) is 41.0 Å². The topological polar surface area (TPSA) is 23.4 Å². The molecule has 0 fully saturated rings. The summed E-state index contributed by atoms with van der Waals surface area (Å²) >= 11 is 7.07. The van der Waals surface area contributed by atoms with Crippen molar-refractivity contribution < 1.29 is 13.9 Å². The molecule has 28 heavy (non-hydrogen) atoms. The highest BCUT2D eigenvalue weighted by Gasteiger charge is 2.16. The summed E-state index contributed by atoms with van der Waals surface area (Å²) in [7, 11) is 1.59. The maximum atomic E-state index is 14.9. The molecule has 1 atom stereocenters. The molecule has 0 saturated heterocycles. The quantitative estimate of drug-likeness (QED) is 0.289. The Labute approximate surface area is 179 Å². The summed E-state index contributed by atoms with van der Waals surface area (Å²) in [5.41, 5.74) is 2.00. The van der Waals surface area contributed by atoms with Crippen LogP contribution >= 0.6 is 31.9 Å². The first-order valence-electron chi connectivity index (χ1n) is 8.83. The Balaban J connectivity index is 1.61. The number of fused-ring (bicyclic) bond motifs is 3. The van der Waals surface area contributed by atoms with E-state index < -0.39 is 6.17 Å². The van der Waals surface area contributed by atoms with E-state index >= 15 is 0 Å². The van der Waals surface area contributed by atoms with E-state index in [0.717, 1.165) is 30.8 Å². The average molecular weight is 507 g/mol. The Morgan fingerprint density at radius 2 is 1.50 bits per heavy atom. The molecule has 0 radical (unpaired) electrons. The zero-order valence-corrected chi connectivity index (χ0v) is 18.3. The van der Waals surface area contributed by atoms with Gasteiger partial charge >= 0.3 is 0 Å². The maximum Gasteiger partial charge on any atom is 0.152 e. The molecule has 0 aliphatic heterocycles. The third-order valence-electron chi connectivity index (χ3n) is 4.64. The van der Waals surface area contributed by atoms with Crippen molar-refractivity contribution in [1.82, 2.24) is 4.57 Å². The Bertz CT molecular complexity index is 1080. The SMILES string of the molecule is COc1cccc(OCC(F)Cn2c3ccc(Br)cc3c3cc(Br)ccc32)c1. The predicted molar refractivity (Wildman–Crippen MR) is 118 cm³/mol. The highest BCUT2D eigenvalue weighted by atomic mass is 79.9. The number of hydrogen-bond donors (Lipinski definition) is 0. The average Bonchev–Trinajstić information content (AvgIpc) is 2.99. The number of aromatic nitrogens is 1. The molecule has 0 bridgehead atoms. The van der Waals surface area contributed by atoms with Gasteiger partial charge < -0.3 is 14.0 Å². The van der Waals surface area contributed by atoms with Gasteiger partial charge in [-0.05, 0) is 48.5 Å². The molecule has 6 heteroatoms. The number of halogens is 3. The second-order valence-corrected chi connectivity index (χ2v) is 8.35. The van der Waals surface area contributed by atoms with Crippen LogP contribution in [0.15, 0.2) is 69.6 Å². The number of hydrogen-bond acceptors (Lipinski definition) is 2. The molecule has 0 amide bonds. The smallest absolute Gasteiger partial charge is 0.152 e. The van der Waals surface area contributed by atoms with E-state index in [4.69, 9.17) is 9.47 Å². The van der Waals surface area contributed by atoms with Crippen LogP contribution in [0.1, 0.15) is 0 Å². The lowest BCUT2D eigenvalue weighted by Crippen LogP contribution is -2.19. The fourth-order valence-corrected chi connectivity index (χ4v) is 4.10. The van der Waals surface area contributed by atoms with Crippen molar-refractivity contribution in [2.75, 3.05) is 13.7 Å². The fraction of sp³-hybridized carbons (Fsp3) is 0.182. The monoisotopic (exact) mass is 505 g/mol. The van der Waals surface area contributed by atoms with Crippen molar-refractivity contribution in [2.24, 2.45) is 0 Å². The fourth-order valence-electron chi connectivity index (χ4n) is 3.37. The van der Waals surface area contributed by atoms with Crippen molar-refractivity contribution >= 4 is 53.7 Å². The van der Waals surface area contributed by atoms with E-state index in [9.17, 15) is 4.39 Å². The molecule has 3 nitrogen and oxygen atoms in total. The molecule has 1 aromatic heterocycles. The molecular weight excluding hydrogens is 489 g/mol. The van der Waals surface area contributed by atoms with Crippen LogP contribution < -0.4 is 9.47 Å². The second kappa shape index (κ2) is 8.13. The molecule has 1 unspecified atom stereocenters. The Hall–Kier alpha value is -2.05. The third kappa shape index (κ3) is 3.89. The Morgan fingerprint density at radius 3 is 2.11 bits per heavy atom. The number of alkyl halides is 1. The van der Waals surface area contributed by atoms with Crippen LogP contribution in [0.5, 0.6) is 11.5 Å². The molecule has 0 spiro atoms. The van der Waals surface area contributed by atoms with Crippen LogP contribution in [0, 0.1) is 0 Å². The van der Waals surface area contributed by atoms with Crippen LogP contribution in [0.4, 0.5) is 4.39 Å². The van der Waals surface area contributed by atoms with E-state index in [1.54, 1.807) is 19.2 Å². The van der Waals surface area contributed by atoms with Crippen LogP contribution in [0.2, 0.25) is 0 Å². The third-order valence-corrected chi connectivity index (χ3v) is 5.63. The number of benzene rings is 3. The molecule has 0 aliphatic carbocycles. The van der Waals surface area contributed by atoms with Gasteiger partial charge in [-0.1, -0.05) is 37.9 Å². The molecule has 1 heterocycles. The van der Waals surface area contributed by atoms with Crippen LogP contribution in [0.3, 0.4) is 0 Å². The van der Waals surface area contributed by atoms with Gasteiger partial charge in [-0.15, -0.1) is 0 Å². The van der Waals surface area contributed by atoms with Gasteiger partial charge in [0.2, 0.25) is 0 Å². The maximum absolute atomic E-state index is 14.9. The van der Waals surface area contributed by atoms with E-state index in [1.165, 1.54) is 0 Å².